The molecule has 0 unspecified atom stereocenters. The predicted octanol–water partition coefficient (Wildman–Crippen LogP) is 3.08. The van der Waals surface area contributed by atoms with Crippen LogP contribution in [-0.4, -0.2) is 50.2 Å². The van der Waals surface area contributed by atoms with Crippen molar-refractivity contribution in [2.45, 2.75) is 51.7 Å². The van der Waals surface area contributed by atoms with Gasteiger partial charge in [-0.05, 0) is 69.1 Å². The Morgan fingerprint density at radius 1 is 1.00 bits per heavy atom. The number of hydrogen-bond acceptors (Lipinski definition) is 4. The molecule has 0 bridgehead atoms. The van der Waals surface area contributed by atoms with E-state index in [1.807, 2.05) is 32.0 Å². The lowest BCUT2D eigenvalue weighted by atomic mass is 10.1. The van der Waals surface area contributed by atoms with Crippen LogP contribution in [0.4, 0.5) is 0 Å². The largest absolute Gasteiger partial charge is 0.351 e. The Morgan fingerprint density at radius 2 is 1.63 bits per heavy atom. The molecular formula is C23H33N3O3S. The zero-order chi connectivity index (χ0) is 22.5. The molecule has 0 aliphatic rings. The van der Waals surface area contributed by atoms with E-state index in [9.17, 15) is 13.2 Å². The first-order chi connectivity index (χ1) is 14.0. The van der Waals surface area contributed by atoms with Gasteiger partial charge in [0.25, 0.3) is 0 Å². The molecule has 2 aromatic rings. The van der Waals surface area contributed by atoms with E-state index in [4.69, 9.17) is 0 Å². The number of carbonyl (C=O) groups excluding carboxylic acids is 1. The Hall–Kier alpha value is -2.22. The first kappa shape index (κ1) is 24.1. The molecule has 0 saturated heterocycles. The molecule has 6 nitrogen and oxygen atoms in total. The summed E-state index contributed by atoms with van der Waals surface area (Å²) in [6.45, 7) is 8.98. The molecule has 1 amide bonds. The molecule has 0 saturated carbocycles. The second-order valence-electron chi connectivity index (χ2n) is 8.06. The lowest BCUT2D eigenvalue weighted by Gasteiger charge is -2.23. The SMILES string of the molecule is Cc1ccc(S(=O)(=O)N(C)CC(=O)NCc2ccccc2CN(C)C(C)C)cc1C. The molecular weight excluding hydrogens is 398 g/mol. The number of hydrogen-bond donors (Lipinski definition) is 1. The molecule has 0 spiro atoms. The summed E-state index contributed by atoms with van der Waals surface area (Å²) < 4.78 is 26.7. The predicted molar refractivity (Wildman–Crippen MR) is 121 cm³/mol. The van der Waals surface area contributed by atoms with E-state index < -0.39 is 10.0 Å². The zero-order valence-electron chi connectivity index (χ0n) is 18.8. The van der Waals surface area contributed by atoms with Gasteiger partial charge in [0.2, 0.25) is 15.9 Å². The summed E-state index contributed by atoms with van der Waals surface area (Å²) in [5, 5.41) is 2.85. The fourth-order valence-corrected chi connectivity index (χ4v) is 4.14. The van der Waals surface area contributed by atoms with Crippen molar-refractivity contribution in [1.82, 2.24) is 14.5 Å². The van der Waals surface area contributed by atoms with E-state index in [0.29, 0.717) is 12.6 Å². The summed E-state index contributed by atoms with van der Waals surface area (Å²) in [5.41, 5.74) is 4.09. The van der Waals surface area contributed by atoms with Crippen LogP contribution >= 0.6 is 0 Å². The summed E-state index contributed by atoms with van der Waals surface area (Å²) in [6, 6.07) is 13.4. The van der Waals surface area contributed by atoms with Crippen molar-refractivity contribution in [3.8, 4) is 0 Å². The number of nitrogens with one attached hydrogen (secondary N) is 1. The Balaban J connectivity index is 2.02. The van der Waals surface area contributed by atoms with Crippen LogP contribution < -0.4 is 5.32 Å². The molecule has 0 aliphatic carbocycles. The fraction of sp³-hybridized carbons (Fsp3) is 0.435. The molecule has 30 heavy (non-hydrogen) atoms. The van der Waals surface area contributed by atoms with Crippen LogP contribution in [0.25, 0.3) is 0 Å². The minimum Gasteiger partial charge on any atom is -0.351 e. The number of carbonyl (C=O) groups is 1. The molecule has 0 heterocycles. The highest BCUT2D eigenvalue weighted by Crippen LogP contribution is 2.18. The van der Waals surface area contributed by atoms with Crippen LogP contribution in [0, 0.1) is 13.8 Å². The van der Waals surface area contributed by atoms with E-state index >= 15 is 0 Å². The summed E-state index contributed by atoms with van der Waals surface area (Å²) >= 11 is 0. The standard InChI is InChI=1S/C23H33N3O3S/c1-17(2)25(5)15-21-10-8-7-9-20(21)14-24-23(27)16-26(6)30(28,29)22-12-11-18(3)19(4)13-22/h7-13,17H,14-16H2,1-6H3,(H,24,27). The van der Waals surface area contributed by atoms with E-state index in [1.54, 1.807) is 18.2 Å². The van der Waals surface area contributed by atoms with Gasteiger partial charge in [-0.2, -0.15) is 4.31 Å². The molecule has 0 aromatic heterocycles. The first-order valence-corrected chi connectivity index (χ1v) is 11.5. The van der Waals surface area contributed by atoms with Crippen LogP contribution in [0.2, 0.25) is 0 Å². The Morgan fingerprint density at radius 3 is 2.23 bits per heavy atom. The normalized spacial score (nSPS) is 12.0. The second-order valence-corrected chi connectivity index (χ2v) is 10.1. The van der Waals surface area contributed by atoms with Crippen molar-refractivity contribution in [1.29, 1.82) is 0 Å². The number of likely N-dealkylation sites (N-methyl/N-ethyl adjacent to an activating group) is 1. The second kappa shape index (κ2) is 10.2. The van der Waals surface area contributed by atoms with Crippen LogP contribution in [0.1, 0.15) is 36.1 Å². The summed E-state index contributed by atoms with van der Waals surface area (Å²) in [4.78, 5) is 14.9. The number of aryl methyl sites for hydroxylation is 2. The van der Waals surface area contributed by atoms with Crippen molar-refractivity contribution < 1.29 is 13.2 Å². The first-order valence-electron chi connectivity index (χ1n) is 10.1. The summed E-state index contributed by atoms with van der Waals surface area (Å²) in [5.74, 6) is -0.336. The maximum Gasteiger partial charge on any atom is 0.243 e. The molecule has 0 fully saturated rings. The molecule has 0 aliphatic heterocycles. The maximum absolute atomic E-state index is 12.8. The van der Waals surface area contributed by atoms with Gasteiger partial charge in [0.05, 0.1) is 11.4 Å². The third kappa shape index (κ3) is 6.14. The molecule has 2 rings (SSSR count). The van der Waals surface area contributed by atoms with Gasteiger partial charge < -0.3 is 5.32 Å². The van der Waals surface area contributed by atoms with E-state index in [1.165, 1.54) is 7.05 Å². The topological polar surface area (TPSA) is 69.7 Å². The lowest BCUT2D eigenvalue weighted by Crippen LogP contribution is -2.38. The molecule has 2 aromatic carbocycles. The van der Waals surface area contributed by atoms with Crippen molar-refractivity contribution in [2.24, 2.45) is 0 Å². The lowest BCUT2D eigenvalue weighted by molar-refractivity contribution is -0.121. The van der Waals surface area contributed by atoms with E-state index in [0.717, 1.165) is 33.1 Å². The molecule has 0 radical (unpaired) electrons. The monoisotopic (exact) mass is 431 g/mol. The fourth-order valence-electron chi connectivity index (χ4n) is 2.93. The quantitative estimate of drug-likeness (QED) is 0.662. The molecule has 1 N–H and O–H groups in total. The van der Waals surface area contributed by atoms with Crippen molar-refractivity contribution in [3.63, 3.8) is 0 Å². The third-order valence-electron chi connectivity index (χ3n) is 5.45. The van der Waals surface area contributed by atoms with Crippen molar-refractivity contribution in [3.05, 3.63) is 64.7 Å². The van der Waals surface area contributed by atoms with Gasteiger partial charge in [-0.25, -0.2) is 8.42 Å². The van der Waals surface area contributed by atoms with Crippen LogP contribution in [0.15, 0.2) is 47.4 Å². The van der Waals surface area contributed by atoms with Gasteiger partial charge in [0.15, 0.2) is 0 Å². The van der Waals surface area contributed by atoms with Gasteiger partial charge in [-0.1, -0.05) is 30.3 Å². The van der Waals surface area contributed by atoms with E-state index in [2.05, 4.69) is 37.2 Å². The number of amides is 1. The zero-order valence-corrected chi connectivity index (χ0v) is 19.6. The average molecular weight is 432 g/mol. The third-order valence-corrected chi connectivity index (χ3v) is 7.25. The number of benzene rings is 2. The van der Waals surface area contributed by atoms with Gasteiger partial charge in [-0.15, -0.1) is 0 Å². The summed E-state index contributed by atoms with van der Waals surface area (Å²) in [6.07, 6.45) is 0. The smallest absolute Gasteiger partial charge is 0.243 e. The number of rotatable bonds is 9. The minimum atomic E-state index is -3.72. The van der Waals surface area contributed by atoms with Crippen molar-refractivity contribution >= 4 is 15.9 Å². The van der Waals surface area contributed by atoms with Crippen LogP contribution in [0.3, 0.4) is 0 Å². The number of nitrogens with zero attached hydrogens (tertiary/aromatic N) is 2. The average Bonchev–Trinajstić information content (AvgIpc) is 2.69. The Kier molecular flexibility index (Phi) is 8.18. The number of sulfonamides is 1. The van der Waals surface area contributed by atoms with Crippen molar-refractivity contribution in [2.75, 3.05) is 20.6 Å². The Bertz CT molecular complexity index is 987. The molecule has 7 heteroatoms. The molecule has 0 atom stereocenters. The maximum atomic E-state index is 12.8. The van der Waals surface area contributed by atoms with Crippen LogP contribution in [-0.2, 0) is 27.9 Å². The van der Waals surface area contributed by atoms with Gasteiger partial charge in [0.1, 0.15) is 0 Å². The Labute approximate surface area is 180 Å². The van der Waals surface area contributed by atoms with Gasteiger partial charge >= 0.3 is 0 Å². The molecule has 164 valence electrons. The van der Waals surface area contributed by atoms with Gasteiger partial charge in [-0.3, -0.25) is 9.69 Å². The minimum absolute atomic E-state index is 0.197. The highest BCUT2D eigenvalue weighted by molar-refractivity contribution is 7.89. The van der Waals surface area contributed by atoms with E-state index in [-0.39, 0.29) is 17.3 Å². The van der Waals surface area contributed by atoms with Crippen LogP contribution in [0.5, 0.6) is 0 Å². The summed E-state index contributed by atoms with van der Waals surface area (Å²) in [7, 11) is -0.236. The van der Waals surface area contributed by atoms with Gasteiger partial charge in [0, 0.05) is 26.2 Å². The highest BCUT2D eigenvalue weighted by Gasteiger charge is 2.23. The highest BCUT2D eigenvalue weighted by atomic mass is 32.2.